The number of anilines is 1. The van der Waals surface area contributed by atoms with E-state index in [9.17, 15) is 9.59 Å². The molecule has 0 bridgehead atoms. The van der Waals surface area contributed by atoms with Gasteiger partial charge in [-0.1, -0.05) is 30.3 Å². The van der Waals surface area contributed by atoms with E-state index in [1.165, 1.54) is 12.7 Å². The number of hydrogen-bond acceptors (Lipinski definition) is 6. The first-order valence-electron chi connectivity index (χ1n) is 12.6. The highest BCUT2D eigenvalue weighted by Gasteiger charge is 2.31. The van der Waals surface area contributed by atoms with E-state index >= 15 is 0 Å². The second-order valence-electron chi connectivity index (χ2n) is 9.63. The molecule has 1 fully saturated rings. The summed E-state index contributed by atoms with van der Waals surface area (Å²) in [6.07, 6.45) is 7.86. The number of fused-ring (bicyclic) bond motifs is 1. The summed E-state index contributed by atoms with van der Waals surface area (Å²) in [7, 11) is 2.15. The Hall–Kier alpha value is -3.95. The quantitative estimate of drug-likeness (QED) is 0.339. The number of aromatic amines is 2. The molecule has 4 aromatic rings. The lowest BCUT2D eigenvalue weighted by atomic mass is 10.0. The van der Waals surface area contributed by atoms with Crippen LogP contribution in [0.4, 0.5) is 10.5 Å². The van der Waals surface area contributed by atoms with E-state index < -0.39 is 18.0 Å². The Morgan fingerprint density at radius 3 is 2.78 bits per heavy atom. The molecule has 0 saturated carbocycles. The van der Waals surface area contributed by atoms with Crippen LogP contribution in [-0.4, -0.2) is 57.5 Å². The average Bonchev–Trinajstić information content (AvgIpc) is 3.66. The molecule has 1 aliphatic heterocycles. The Morgan fingerprint density at radius 2 is 2.05 bits per heavy atom. The molecule has 2 amide bonds. The maximum absolute atomic E-state index is 13.6. The number of hydrogen-bond donors (Lipinski definition) is 3. The second-order valence-corrected chi connectivity index (χ2v) is 9.63. The van der Waals surface area contributed by atoms with Crippen molar-refractivity contribution in [3.8, 4) is 0 Å². The fourth-order valence-electron chi connectivity index (χ4n) is 4.96. The molecular weight excluding hydrogens is 468 g/mol. The molecule has 37 heavy (non-hydrogen) atoms. The molecule has 9 heteroatoms. The lowest BCUT2D eigenvalue weighted by molar-refractivity contribution is -0.119. The molecule has 5 rings (SSSR count). The van der Waals surface area contributed by atoms with Crippen LogP contribution in [0, 0.1) is 0 Å². The smallest absolute Gasteiger partial charge is 0.421 e. The van der Waals surface area contributed by atoms with Crippen molar-refractivity contribution in [2.24, 2.45) is 5.73 Å². The summed E-state index contributed by atoms with van der Waals surface area (Å²) in [6.45, 7) is 1.15. The van der Waals surface area contributed by atoms with Gasteiger partial charge in [-0.25, -0.2) is 14.7 Å². The van der Waals surface area contributed by atoms with Crippen LogP contribution in [0.1, 0.15) is 29.7 Å². The Kier molecular flexibility index (Phi) is 7.34. The number of H-pyrrole nitrogens is 2. The number of nitrogens with zero attached hydrogens (tertiary/aromatic N) is 3. The average molecular weight is 501 g/mol. The molecule has 3 heterocycles. The highest BCUT2D eigenvalue weighted by Crippen LogP contribution is 2.29. The molecule has 0 spiro atoms. The van der Waals surface area contributed by atoms with Crippen LogP contribution in [0.3, 0.4) is 0 Å². The van der Waals surface area contributed by atoms with Crippen molar-refractivity contribution in [2.45, 2.75) is 44.4 Å². The van der Waals surface area contributed by atoms with Crippen LogP contribution in [0.25, 0.3) is 10.9 Å². The van der Waals surface area contributed by atoms with Crippen molar-refractivity contribution < 1.29 is 14.3 Å². The number of likely N-dealkylation sites (N-methyl/N-ethyl adjacent to an activating group) is 1. The molecule has 2 aromatic carbocycles. The zero-order valence-corrected chi connectivity index (χ0v) is 20.9. The molecule has 0 aliphatic carbocycles. The summed E-state index contributed by atoms with van der Waals surface area (Å²) >= 11 is 0. The van der Waals surface area contributed by atoms with E-state index in [4.69, 9.17) is 10.5 Å². The molecule has 2 aromatic heterocycles. The van der Waals surface area contributed by atoms with Gasteiger partial charge >= 0.3 is 6.09 Å². The van der Waals surface area contributed by atoms with Gasteiger partial charge in [-0.2, -0.15) is 0 Å². The first-order chi connectivity index (χ1) is 18.0. The number of imide groups is 1. The Morgan fingerprint density at radius 1 is 1.22 bits per heavy atom. The monoisotopic (exact) mass is 500 g/mol. The van der Waals surface area contributed by atoms with Crippen molar-refractivity contribution >= 4 is 28.6 Å². The highest BCUT2D eigenvalue weighted by molar-refractivity contribution is 6.15. The fraction of sp³-hybridized carbons (Fsp3) is 0.321. The van der Waals surface area contributed by atoms with Gasteiger partial charge in [0.2, 0.25) is 0 Å². The van der Waals surface area contributed by atoms with Crippen LogP contribution in [0.2, 0.25) is 0 Å². The zero-order valence-electron chi connectivity index (χ0n) is 20.9. The maximum Gasteiger partial charge on any atom is 0.421 e. The van der Waals surface area contributed by atoms with Gasteiger partial charge < -0.3 is 25.3 Å². The molecule has 192 valence electrons. The lowest BCUT2D eigenvalue weighted by Crippen LogP contribution is -2.48. The molecule has 2 atom stereocenters. The van der Waals surface area contributed by atoms with E-state index in [1.807, 2.05) is 48.7 Å². The first-order valence-corrected chi connectivity index (χ1v) is 12.6. The van der Waals surface area contributed by atoms with Gasteiger partial charge in [0.1, 0.15) is 6.61 Å². The van der Waals surface area contributed by atoms with E-state index in [0.717, 1.165) is 46.3 Å². The number of amides is 2. The summed E-state index contributed by atoms with van der Waals surface area (Å²) in [4.78, 5) is 40.6. The minimum absolute atomic E-state index is 0.0465. The Labute approximate surface area is 215 Å². The van der Waals surface area contributed by atoms with Crippen molar-refractivity contribution in [1.29, 1.82) is 0 Å². The molecule has 0 unspecified atom stereocenters. The molecule has 9 nitrogen and oxygen atoms in total. The summed E-state index contributed by atoms with van der Waals surface area (Å²) in [5.74, 6) is -0.542. The molecular formula is C28H32N6O3. The number of nitrogens with one attached hydrogen (secondary N) is 2. The lowest BCUT2D eigenvalue weighted by Gasteiger charge is -2.24. The summed E-state index contributed by atoms with van der Waals surface area (Å²) in [5, 5.41) is 0.980. The normalized spacial score (nSPS) is 16.6. The number of carbonyl (C=O) groups is 2. The van der Waals surface area contributed by atoms with Gasteiger partial charge in [0.05, 0.1) is 18.1 Å². The number of carbonyl (C=O) groups excluding carboxylic acids is 2. The second kappa shape index (κ2) is 11.0. The predicted molar refractivity (Wildman–Crippen MR) is 142 cm³/mol. The largest absolute Gasteiger partial charge is 0.444 e. The third-order valence-corrected chi connectivity index (χ3v) is 7.06. The number of ether oxygens (including phenoxy) is 1. The number of rotatable bonds is 8. The van der Waals surface area contributed by atoms with Crippen molar-refractivity contribution in [3.63, 3.8) is 0 Å². The third-order valence-electron chi connectivity index (χ3n) is 7.06. The summed E-state index contributed by atoms with van der Waals surface area (Å²) in [5.41, 5.74) is 10.4. The number of nitrogens with two attached hydrogens (primary N) is 1. The Balaban J connectivity index is 1.43. The van der Waals surface area contributed by atoms with Crippen LogP contribution >= 0.6 is 0 Å². The van der Waals surface area contributed by atoms with Crippen LogP contribution < -0.4 is 10.6 Å². The topological polar surface area (TPSA) is 120 Å². The number of aromatic nitrogens is 3. The molecule has 0 radical (unpaired) electrons. The van der Waals surface area contributed by atoms with E-state index in [-0.39, 0.29) is 13.0 Å². The highest BCUT2D eigenvalue weighted by atomic mass is 16.6. The van der Waals surface area contributed by atoms with Crippen LogP contribution in [0.5, 0.6) is 0 Å². The summed E-state index contributed by atoms with van der Waals surface area (Å²) in [6, 6.07) is 14.4. The zero-order chi connectivity index (χ0) is 25.8. The van der Waals surface area contributed by atoms with Gasteiger partial charge in [-0.3, -0.25) is 4.79 Å². The van der Waals surface area contributed by atoms with Crippen molar-refractivity contribution in [3.05, 3.63) is 84.1 Å². The van der Waals surface area contributed by atoms with E-state index in [0.29, 0.717) is 17.4 Å². The SMILES string of the molecule is CN1CCC[C@@H]1Cc1c[nH]c2ccc(N(C(=O)OCc3ccccc3)C(=O)[C@@H](N)Cc3cnc[nH]3)cc12. The predicted octanol–water partition coefficient (Wildman–Crippen LogP) is 3.77. The molecule has 1 aliphatic rings. The summed E-state index contributed by atoms with van der Waals surface area (Å²) < 4.78 is 5.57. The van der Waals surface area contributed by atoms with E-state index in [2.05, 4.69) is 26.9 Å². The standard InChI is InChI=1S/C28H32N6O3/c1-33-11-5-8-22(33)12-20-15-31-26-10-9-23(14-24(20)26)34(27(35)25(29)13-21-16-30-18-32-21)28(36)37-17-19-6-3-2-4-7-19/h2-4,6-7,9-10,14-16,18,22,25,31H,5,8,11-13,17,29H2,1H3,(H,30,32)/t22-,25+/m1/s1. The first kappa shape index (κ1) is 24.7. The Bertz CT molecular complexity index is 1350. The van der Waals surface area contributed by atoms with Crippen LogP contribution in [-0.2, 0) is 29.0 Å². The van der Waals surface area contributed by atoms with Gasteiger partial charge in [0, 0.05) is 41.5 Å². The van der Waals surface area contributed by atoms with E-state index in [1.54, 1.807) is 12.3 Å². The van der Waals surface area contributed by atoms with Crippen molar-refractivity contribution in [2.75, 3.05) is 18.5 Å². The molecule has 1 saturated heterocycles. The minimum atomic E-state index is -0.960. The van der Waals surface area contributed by atoms with Gasteiger partial charge in [-0.15, -0.1) is 0 Å². The van der Waals surface area contributed by atoms with Crippen LogP contribution in [0.15, 0.2) is 67.3 Å². The minimum Gasteiger partial charge on any atom is -0.444 e. The number of likely N-dealkylation sites (tertiary alicyclic amines) is 1. The van der Waals surface area contributed by atoms with Gasteiger partial charge in [0.15, 0.2) is 0 Å². The van der Waals surface area contributed by atoms with Gasteiger partial charge in [-0.05, 0) is 62.2 Å². The van der Waals surface area contributed by atoms with Gasteiger partial charge in [0.25, 0.3) is 5.91 Å². The number of benzene rings is 2. The molecule has 4 N–H and O–H groups in total. The number of imidazole rings is 1. The fourth-order valence-corrected chi connectivity index (χ4v) is 4.96. The van der Waals surface area contributed by atoms with Crippen molar-refractivity contribution in [1.82, 2.24) is 19.9 Å². The maximum atomic E-state index is 13.6. The third kappa shape index (κ3) is 5.58.